The molecule has 4 rings (SSSR count). The first kappa shape index (κ1) is 38.2. The van der Waals surface area contributed by atoms with Crippen LogP contribution < -0.4 is 10.0 Å². The number of amides is 1. The molecule has 2 atom stereocenters. The van der Waals surface area contributed by atoms with Crippen LogP contribution in [0.2, 0.25) is 0 Å². The van der Waals surface area contributed by atoms with E-state index in [1.165, 1.54) is 12.1 Å². The summed E-state index contributed by atoms with van der Waals surface area (Å²) in [5, 5.41) is 24.7. The number of carbonyl (C=O) groups excluding carboxylic acids is 1. The molecule has 4 aromatic rings. The van der Waals surface area contributed by atoms with Gasteiger partial charge in [-0.15, -0.1) is 0 Å². The number of H-pyrrole nitrogens is 1. The average Bonchev–Trinajstić information content (AvgIpc) is 3.47. The van der Waals surface area contributed by atoms with Crippen molar-refractivity contribution in [3.05, 3.63) is 100 Å². The van der Waals surface area contributed by atoms with Crippen LogP contribution >= 0.6 is 0 Å². The summed E-state index contributed by atoms with van der Waals surface area (Å²) in [6.45, 7) is 5.47. The Kier molecular flexibility index (Phi) is 12.5. The molecule has 50 heavy (non-hydrogen) atoms. The van der Waals surface area contributed by atoms with Gasteiger partial charge in [-0.25, -0.2) is 16.8 Å². The van der Waals surface area contributed by atoms with E-state index in [0.717, 1.165) is 45.0 Å². The molecule has 1 amide bonds. The number of para-hydroxylation sites is 1. The van der Waals surface area contributed by atoms with Gasteiger partial charge in [0, 0.05) is 42.3 Å². The smallest absolute Gasteiger partial charge is 0.322 e. The molecule has 4 N–H and O–H groups in total. The maximum atomic E-state index is 13.6. The number of rotatable bonds is 18. The molecular weight excluding hydrogens is 687 g/mol. The number of non-ortho nitro benzene ring substituents is 1. The van der Waals surface area contributed by atoms with Crippen LogP contribution in [-0.2, 0) is 36.1 Å². The summed E-state index contributed by atoms with van der Waals surface area (Å²) < 4.78 is 57.2. The fraction of sp³-hybridized carbons (Fsp3) is 0.353. The van der Waals surface area contributed by atoms with E-state index in [2.05, 4.69) is 15.0 Å². The number of nitro benzene ring substituents is 1. The van der Waals surface area contributed by atoms with E-state index in [9.17, 15) is 41.6 Å². The number of nitrogens with zero attached hydrogens (tertiary/aromatic N) is 2. The minimum atomic E-state index is -4.29. The number of aromatic amines is 1. The molecule has 3 aromatic carbocycles. The van der Waals surface area contributed by atoms with Gasteiger partial charge in [0.2, 0.25) is 26.0 Å². The van der Waals surface area contributed by atoms with Crippen molar-refractivity contribution in [1.82, 2.24) is 19.3 Å². The Morgan fingerprint density at radius 2 is 1.58 bits per heavy atom. The predicted molar refractivity (Wildman–Crippen MR) is 187 cm³/mol. The molecule has 268 valence electrons. The van der Waals surface area contributed by atoms with E-state index >= 15 is 0 Å². The Hall–Kier alpha value is -4.64. The first-order valence-electron chi connectivity index (χ1n) is 16.0. The number of aromatic nitrogens is 1. The lowest BCUT2D eigenvalue weighted by atomic mass is 10.0. The van der Waals surface area contributed by atoms with Gasteiger partial charge in [0.25, 0.3) is 5.69 Å². The fourth-order valence-electron chi connectivity index (χ4n) is 5.50. The summed E-state index contributed by atoms with van der Waals surface area (Å²) in [4.78, 5) is 39.1. The van der Waals surface area contributed by atoms with Crippen molar-refractivity contribution in [2.75, 3.05) is 13.1 Å². The number of aryl methyl sites for hydroxylation is 1. The number of hydrogen-bond donors (Lipinski definition) is 4. The number of carboxylic acid groups (broad SMARTS) is 1. The Bertz CT molecular complexity index is 2030. The molecule has 0 bridgehead atoms. The van der Waals surface area contributed by atoms with Gasteiger partial charge < -0.3 is 15.4 Å². The van der Waals surface area contributed by atoms with Crippen molar-refractivity contribution in [1.29, 1.82) is 0 Å². The highest BCUT2D eigenvalue weighted by Crippen LogP contribution is 2.24. The molecule has 1 heterocycles. The summed E-state index contributed by atoms with van der Waals surface area (Å²) in [6.07, 6.45) is 2.17. The number of aliphatic carboxylic acids is 1. The van der Waals surface area contributed by atoms with Crippen LogP contribution in [0.3, 0.4) is 0 Å². The van der Waals surface area contributed by atoms with Crippen molar-refractivity contribution in [2.24, 2.45) is 5.92 Å². The fourth-order valence-corrected chi connectivity index (χ4v) is 8.47. The molecule has 0 unspecified atom stereocenters. The Balaban J connectivity index is 1.46. The monoisotopic (exact) mass is 727 g/mol. The number of sulfonamides is 2. The highest BCUT2D eigenvalue weighted by molar-refractivity contribution is 7.89. The predicted octanol–water partition coefficient (Wildman–Crippen LogP) is 4.36. The van der Waals surface area contributed by atoms with Crippen LogP contribution in [0.1, 0.15) is 44.2 Å². The van der Waals surface area contributed by atoms with Crippen molar-refractivity contribution >= 4 is 48.5 Å². The number of nitrogens with one attached hydrogen (secondary N) is 3. The van der Waals surface area contributed by atoms with E-state index in [0.29, 0.717) is 5.56 Å². The third-order valence-electron chi connectivity index (χ3n) is 8.08. The molecule has 0 aliphatic carbocycles. The molecule has 1 aromatic heterocycles. The third kappa shape index (κ3) is 9.53. The number of unbranched alkanes of at least 4 members (excludes halogenated alkanes) is 1. The maximum absolute atomic E-state index is 13.6. The second kappa shape index (κ2) is 16.4. The average molecular weight is 728 g/mol. The molecule has 0 spiro atoms. The van der Waals surface area contributed by atoms with Crippen molar-refractivity contribution < 1.29 is 36.5 Å². The van der Waals surface area contributed by atoms with Crippen LogP contribution in [0, 0.1) is 23.0 Å². The molecule has 0 fully saturated rings. The van der Waals surface area contributed by atoms with Crippen molar-refractivity contribution in [3.8, 4) is 0 Å². The van der Waals surface area contributed by atoms with E-state index in [4.69, 9.17) is 0 Å². The van der Waals surface area contributed by atoms with Gasteiger partial charge in [-0.1, -0.05) is 49.7 Å². The van der Waals surface area contributed by atoms with Crippen LogP contribution in [-0.4, -0.2) is 73.2 Å². The number of hydrogen-bond acceptors (Lipinski definition) is 8. The number of benzene rings is 3. The van der Waals surface area contributed by atoms with Gasteiger partial charge in [-0.05, 0) is 74.4 Å². The van der Waals surface area contributed by atoms with Crippen molar-refractivity contribution in [3.63, 3.8) is 0 Å². The molecule has 16 heteroatoms. The summed E-state index contributed by atoms with van der Waals surface area (Å²) in [5.41, 5.74) is 2.04. The van der Waals surface area contributed by atoms with Gasteiger partial charge >= 0.3 is 5.97 Å². The highest BCUT2D eigenvalue weighted by atomic mass is 32.2. The lowest BCUT2D eigenvalue weighted by Gasteiger charge is -2.29. The molecule has 0 radical (unpaired) electrons. The summed E-state index contributed by atoms with van der Waals surface area (Å²) >= 11 is 0. The van der Waals surface area contributed by atoms with Gasteiger partial charge in [-0.2, -0.15) is 9.03 Å². The zero-order chi connectivity index (χ0) is 36.6. The van der Waals surface area contributed by atoms with Gasteiger partial charge in [-0.3, -0.25) is 19.7 Å². The molecule has 0 aliphatic heterocycles. The standard InChI is InChI=1S/C34H41N5O9S2/c1-23(2)22-38(50(47,48)28-15-11-24(3)12-16-28)32(34(41)42)10-6-7-19-35-33(40)31(20-25-21-36-30-9-5-4-8-29(25)30)37-49(45,46)27-17-13-26(14-18-27)39(43)44/h4-5,8-9,11-18,21,23,31-32,36-37H,6-7,10,19-20,22H2,1-3H3,(H,35,40)(H,41,42)/t31-,32-/m0/s1. The zero-order valence-corrected chi connectivity index (χ0v) is 29.5. The largest absolute Gasteiger partial charge is 0.480 e. The van der Waals surface area contributed by atoms with Crippen LogP contribution in [0.15, 0.2) is 88.8 Å². The Morgan fingerprint density at radius 3 is 2.20 bits per heavy atom. The first-order chi connectivity index (χ1) is 23.6. The molecule has 14 nitrogen and oxygen atoms in total. The maximum Gasteiger partial charge on any atom is 0.322 e. The Morgan fingerprint density at radius 1 is 0.940 bits per heavy atom. The summed E-state index contributed by atoms with van der Waals surface area (Å²) in [7, 11) is -8.42. The van der Waals surface area contributed by atoms with Gasteiger partial charge in [0.05, 0.1) is 14.7 Å². The van der Waals surface area contributed by atoms with Crippen LogP contribution in [0.5, 0.6) is 0 Å². The van der Waals surface area contributed by atoms with E-state index in [1.54, 1.807) is 32.2 Å². The third-order valence-corrected chi connectivity index (χ3v) is 11.5. The first-order valence-corrected chi connectivity index (χ1v) is 18.9. The number of nitro groups is 1. The molecule has 0 aliphatic rings. The molecular formula is C34H41N5O9S2. The molecule has 0 saturated carbocycles. The Labute approximate surface area is 291 Å². The number of fused-ring (bicyclic) bond motifs is 1. The summed E-state index contributed by atoms with van der Waals surface area (Å²) in [6, 6.07) is 15.2. The van der Waals surface area contributed by atoms with Crippen LogP contribution in [0.4, 0.5) is 5.69 Å². The number of carbonyl (C=O) groups is 2. The topological polar surface area (TPSA) is 209 Å². The summed E-state index contributed by atoms with van der Waals surface area (Å²) in [5.74, 6) is -2.08. The zero-order valence-electron chi connectivity index (χ0n) is 27.9. The number of carboxylic acids is 1. The highest BCUT2D eigenvalue weighted by Gasteiger charge is 2.36. The SMILES string of the molecule is Cc1ccc(S(=O)(=O)N(CC(C)C)[C@@H](CCCCNC(=O)[C@H](Cc2c[nH]c3ccccc23)NS(=O)(=O)c2ccc([N+](=O)[O-])cc2)C(=O)O)cc1. The lowest BCUT2D eigenvalue weighted by Crippen LogP contribution is -2.48. The second-order valence-corrected chi connectivity index (χ2v) is 16.0. The quantitative estimate of drug-likeness (QED) is 0.0651. The van der Waals surface area contributed by atoms with E-state index in [1.807, 2.05) is 31.2 Å². The minimum Gasteiger partial charge on any atom is -0.480 e. The van der Waals surface area contributed by atoms with Crippen molar-refractivity contribution in [2.45, 2.75) is 68.3 Å². The van der Waals surface area contributed by atoms with Gasteiger partial charge in [0.1, 0.15) is 12.1 Å². The normalized spacial score (nSPS) is 13.4. The van der Waals surface area contributed by atoms with E-state index < -0.39 is 48.9 Å². The van der Waals surface area contributed by atoms with E-state index in [-0.39, 0.29) is 60.2 Å². The van der Waals surface area contributed by atoms with Crippen LogP contribution in [0.25, 0.3) is 10.9 Å². The second-order valence-electron chi connectivity index (χ2n) is 12.4. The van der Waals surface area contributed by atoms with Gasteiger partial charge in [0.15, 0.2) is 0 Å². The minimum absolute atomic E-state index is 0.000292. The lowest BCUT2D eigenvalue weighted by molar-refractivity contribution is -0.384. The molecule has 0 saturated heterocycles.